The van der Waals surface area contributed by atoms with Gasteiger partial charge in [0.15, 0.2) is 35.1 Å². The number of urea groups is 1. The van der Waals surface area contributed by atoms with Crippen LogP contribution in [0.3, 0.4) is 0 Å². The predicted octanol–water partition coefficient (Wildman–Crippen LogP) is 3.04. The molecule has 5 rings (SSSR count). The predicted molar refractivity (Wildman–Crippen MR) is 126 cm³/mol. The van der Waals surface area contributed by atoms with Gasteiger partial charge in [0.2, 0.25) is 0 Å². The molecule has 15 heteroatoms. The van der Waals surface area contributed by atoms with Crippen LogP contribution in [0.4, 0.5) is 29.5 Å². The van der Waals surface area contributed by atoms with Crippen LogP contribution >= 0.6 is 0 Å². The number of anilines is 2. The molecule has 3 aromatic rings. The van der Waals surface area contributed by atoms with Crippen molar-refractivity contribution in [2.45, 2.75) is 57.3 Å². The first kappa shape index (κ1) is 25.8. The Morgan fingerprint density at radius 1 is 1.11 bits per heavy atom. The molecule has 0 bridgehead atoms. The second kappa shape index (κ2) is 9.49. The topological polar surface area (TPSA) is 142 Å². The van der Waals surface area contributed by atoms with Gasteiger partial charge in [-0.05, 0) is 39.0 Å². The van der Waals surface area contributed by atoms with Crippen molar-refractivity contribution in [3.63, 3.8) is 0 Å². The Morgan fingerprint density at radius 3 is 2.61 bits per heavy atom. The summed E-state index contributed by atoms with van der Waals surface area (Å²) < 4.78 is 58.5. The van der Waals surface area contributed by atoms with E-state index in [-0.39, 0.29) is 28.6 Å². The van der Waals surface area contributed by atoms with E-state index >= 15 is 0 Å². The second-order valence-electron chi connectivity index (χ2n) is 9.11. The fourth-order valence-corrected chi connectivity index (χ4v) is 4.46. The zero-order valence-corrected chi connectivity index (χ0v) is 20.4. The highest BCUT2D eigenvalue weighted by atomic mass is 19.4. The van der Waals surface area contributed by atoms with E-state index in [0.29, 0.717) is 6.54 Å². The smallest absolute Gasteiger partial charge is 0.354 e. The second-order valence-corrected chi connectivity index (χ2v) is 9.11. The average molecular weight is 535 g/mol. The summed E-state index contributed by atoms with van der Waals surface area (Å²) in [5, 5.41) is 7.55. The Morgan fingerprint density at radius 2 is 1.87 bits per heavy atom. The molecule has 3 amide bonds. The molecule has 2 aliphatic rings. The van der Waals surface area contributed by atoms with Gasteiger partial charge in [-0.15, -0.1) is 0 Å². The minimum absolute atomic E-state index is 0.0111. The lowest BCUT2D eigenvalue weighted by Crippen LogP contribution is -2.42. The SMILES string of the molecule is CCNC(=O)[C@H]1O[C@@H](n2cnc3c(NC(=O)Nc4cccc(C(F)(F)F)c4)ncnc32)[C@@H]2OC(C)(C)O[C@@H]21. The van der Waals surface area contributed by atoms with Crippen LogP contribution in [-0.4, -0.2) is 62.1 Å². The van der Waals surface area contributed by atoms with Crippen LogP contribution in [0.2, 0.25) is 0 Å². The molecule has 1 aromatic carbocycles. The molecule has 0 unspecified atom stereocenters. The summed E-state index contributed by atoms with van der Waals surface area (Å²) >= 11 is 0. The third kappa shape index (κ3) is 4.87. The summed E-state index contributed by atoms with van der Waals surface area (Å²) in [4.78, 5) is 37.8. The Bertz CT molecular complexity index is 1380. The Balaban J connectivity index is 1.39. The zero-order chi connectivity index (χ0) is 27.2. The fourth-order valence-electron chi connectivity index (χ4n) is 4.46. The molecule has 202 valence electrons. The lowest BCUT2D eigenvalue weighted by molar-refractivity contribution is -0.197. The molecule has 2 fully saturated rings. The average Bonchev–Trinajstić information content (AvgIpc) is 3.50. The number of imidazole rings is 1. The van der Waals surface area contributed by atoms with Gasteiger partial charge in [-0.2, -0.15) is 13.2 Å². The van der Waals surface area contributed by atoms with E-state index in [1.54, 1.807) is 25.3 Å². The molecule has 2 aromatic heterocycles. The summed E-state index contributed by atoms with van der Waals surface area (Å²) in [6.45, 7) is 5.66. The molecule has 3 N–H and O–H groups in total. The van der Waals surface area contributed by atoms with Crippen molar-refractivity contribution >= 4 is 34.6 Å². The van der Waals surface area contributed by atoms with Gasteiger partial charge in [-0.1, -0.05) is 6.07 Å². The van der Waals surface area contributed by atoms with Crippen LogP contribution in [0, 0.1) is 0 Å². The first-order valence-electron chi connectivity index (χ1n) is 11.7. The number of fused-ring (bicyclic) bond motifs is 2. The van der Waals surface area contributed by atoms with Crippen LogP contribution in [-0.2, 0) is 25.2 Å². The number of ether oxygens (including phenoxy) is 3. The van der Waals surface area contributed by atoms with Gasteiger partial charge in [0.25, 0.3) is 5.91 Å². The van der Waals surface area contributed by atoms with Crippen molar-refractivity contribution in [3.05, 3.63) is 42.5 Å². The summed E-state index contributed by atoms with van der Waals surface area (Å²) in [5.74, 6) is -1.29. The van der Waals surface area contributed by atoms with E-state index in [4.69, 9.17) is 14.2 Å². The number of rotatable bonds is 5. The van der Waals surface area contributed by atoms with Gasteiger partial charge in [-0.25, -0.2) is 19.7 Å². The van der Waals surface area contributed by atoms with Crippen molar-refractivity contribution < 1.29 is 37.0 Å². The number of nitrogens with one attached hydrogen (secondary N) is 3. The molecule has 38 heavy (non-hydrogen) atoms. The van der Waals surface area contributed by atoms with E-state index in [1.807, 2.05) is 0 Å². The number of amides is 3. The van der Waals surface area contributed by atoms with E-state index in [2.05, 4.69) is 30.9 Å². The van der Waals surface area contributed by atoms with Crippen LogP contribution in [0.25, 0.3) is 11.2 Å². The minimum Gasteiger partial charge on any atom is -0.354 e. The number of alkyl halides is 3. The molecule has 0 saturated carbocycles. The van der Waals surface area contributed by atoms with Crippen molar-refractivity contribution in [2.75, 3.05) is 17.2 Å². The van der Waals surface area contributed by atoms with Crippen molar-refractivity contribution in [1.82, 2.24) is 24.8 Å². The molecule has 4 heterocycles. The van der Waals surface area contributed by atoms with Crippen molar-refractivity contribution in [2.24, 2.45) is 0 Å². The number of likely N-dealkylation sites (N-methyl/N-ethyl adjacent to an activating group) is 1. The van der Waals surface area contributed by atoms with E-state index in [0.717, 1.165) is 12.1 Å². The van der Waals surface area contributed by atoms with Gasteiger partial charge in [0.05, 0.1) is 11.9 Å². The molecular weight excluding hydrogens is 511 g/mol. The number of carbonyl (C=O) groups excluding carboxylic acids is 2. The summed E-state index contributed by atoms with van der Waals surface area (Å²) in [5.41, 5.74) is -0.508. The van der Waals surface area contributed by atoms with E-state index in [1.165, 1.54) is 24.8 Å². The summed E-state index contributed by atoms with van der Waals surface area (Å²) in [6.07, 6.45) is -5.08. The normalized spacial score (nSPS) is 24.3. The molecule has 2 saturated heterocycles. The van der Waals surface area contributed by atoms with Gasteiger partial charge in [0.1, 0.15) is 18.5 Å². The zero-order valence-electron chi connectivity index (χ0n) is 20.4. The minimum atomic E-state index is -4.55. The number of hydrogen-bond acceptors (Lipinski definition) is 8. The number of benzene rings is 1. The molecule has 0 spiro atoms. The van der Waals surface area contributed by atoms with Crippen LogP contribution in [0.15, 0.2) is 36.9 Å². The highest BCUT2D eigenvalue weighted by molar-refractivity contribution is 6.03. The highest BCUT2D eigenvalue weighted by Crippen LogP contribution is 2.44. The molecule has 0 aliphatic carbocycles. The van der Waals surface area contributed by atoms with Gasteiger partial charge < -0.3 is 24.8 Å². The fraction of sp³-hybridized carbons (Fsp3) is 0.435. The molecular formula is C23H24F3N7O5. The van der Waals surface area contributed by atoms with Crippen molar-refractivity contribution in [3.8, 4) is 0 Å². The molecule has 0 radical (unpaired) electrons. The standard InChI is InChI=1S/C23H24F3N7O5/c1-4-27-19(34)15-14-16(38-22(2,3)37-14)20(36-15)33-10-30-13-17(28-9-29-18(13)33)32-21(35)31-12-7-5-6-11(8-12)23(24,25)26/h5-10,14-16,20H,4H2,1-3H3,(H,27,34)(H2,28,29,31,32,35)/t14-,15+,16-,20-/m1/s1. The number of aromatic nitrogens is 4. The van der Waals surface area contributed by atoms with Gasteiger partial charge >= 0.3 is 12.2 Å². The first-order chi connectivity index (χ1) is 18.0. The lowest BCUT2D eigenvalue weighted by Gasteiger charge is -2.24. The van der Waals surface area contributed by atoms with E-state index in [9.17, 15) is 22.8 Å². The van der Waals surface area contributed by atoms with Crippen LogP contribution < -0.4 is 16.0 Å². The highest BCUT2D eigenvalue weighted by Gasteiger charge is 2.58. The quantitative estimate of drug-likeness (QED) is 0.453. The number of carbonyl (C=O) groups is 2. The maximum atomic E-state index is 13.0. The molecule has 4 atom stereocenters. The van der Waals surface area contributed by atoms with Crippen LogP contribution in [0.5, 0.6) is 0 Å². The number of halogens is 3. The maximum Gasteiger partial charge on any atom is 0.416 e. The van der Waals surface area contributed by atoms with E-state index < -0.39 is 48.1 Å². The third-order valence-electron chi connectivity index (χ3n) is 5.95. The third-order valence-corrected chi connectivity index (χ3v) is 5.95. The first-order valence-corrected chi connectivity index (χ1v) is 11.7. The Hall–Kier alpha value is -3.82. The summed E-state index contributed by atoms with van der Waals surface area (Å²) in [7, 11) is 0. The molecule has 12 nitrogen and oxygen atoms in total. The Labute approximate surface area is 213 Å². The monoisotopic (exact) mass is 535 g/mol. The van der Waals surface area contributed by atoms with Gasteiger partial charge in [-0.3, -0.25) is 14.7 Å². The van der Waals surface area contributed by atoms with Gasteiger partial charge in [0, 0.05) is 12.2 Å². The van der Waals surface area contributed by atoms with Crippen LogP contribution in [0.1, 0.15) is 32.6 Å². The molecule has 2 aliphatic heterocycles. The maximum absolute atomic E-state index is 13.0. The number of nitrogens with zero attached hydrogens (tertiary/aromatic N) is 4. The summed E-state index contributed by atoms with van der Waals surface area (Å²) in [6, 6.07) is 3.39. The Kier molecular flexibility index (Phi) is 6.44. The van der Waals surface area contributed by atoms with Crippen molar-refractivity contribution in [1.29, 1.82) is 0 Å². The number of hydrogen-bond donors (Lipinski definition) is 3. The lowest BCUT2D eigenvalue weighted by atomic mass is 10.1. The largest absolute Gasteiger partial charge is 0.416 e.